The molecular weight excluding hydrogens is 358 g/mol. The van der Waals surface area contributed by atoms with E-state index in [0.717, 1.165) is 22.4 Å². The number of anilines is 1. The monoisotopic (exact) mass is 381 g/mol. The fourth-order valence-corrected chi connectivity index (χ4v) is 2.84. The van der Waals surface area contributed by atoms with Crippen LogP contribution in [0.3, 0.4) is 0 Å². The predicted octanol–water partition coefficient (Wildman–Crippen LogP) is 3.94. The van der Waals surface area contributed by atoms with E-state index in [0.29, 0.717) is 29.6 Å². The van der Waals surface area contributed by atoms with Gasteiger partial charge in [0.1, 0.15) is 0 Å². The molecule has 2 aromatic carbocycles. The largest absolute Gasteiger partial charge is 0.493 e. The molecule has 7 nitrogen and oxygen atoms in total. The fourth-order valence-electron chi connectivity index (χ4n) is 2.84. The zero-order valence-electron chi connectivity index (χ0n) is 16.4. The lowest BCUT2D eigenvalue weighted by Crippen LogP contribution is -2.13. The van der Waals surface area contributed by atoms with E-state index < -0.39 is 0 Å². The van der Waals surface area contributed by atoms with Crippen molar-refractivity contribution in [2.75, 3.05) is 19.5 Å². The van der Waals surface area contributed by atoms with Gasteiger partial charge in [-0.3, -0.25) is 4.79 Å². The normalized spacial score (nSPS) is 10.6. The Kier molecular flexibility index (Phi) is 5.93. The van der Waals surface area contributed by atoms with Crippen LogP contribution in [-0.2, 0) is 11.2 Å². The van der Waals surface area contributed by atoms with Gasteiger partial charge in [-0.1, -0.05) is 22.9 Å². The standard InChI is InChI=1S/C21H23N3O4/c1-13-5-7-16(14(2)11-13)22-19(25)9-10-20-23-21(24-28-20)15-6-8-17(26-3)18(12-15)27-4/h5-8,11-12H,9-10H2,1-4H3,(H,22,25). The highest BCUT2D eigenvalue weighted by Gasteiger charge is 2.13. The lowest BCUT2D eigenvalue weighted by atomic mass is 10.1. The van der Waals surface area contributed by atoms with Gasteiger partial charge in [0.25, 0.3) is 0 Å². The van der Waals surface area contributed by atoms with Crippen molar-refractivity contribution in [1.29, 1.82) is 0 Å². The third-order valence-corrected chi connectivity index (χ3v) is 4.33. The van der Waals surface area contributed by atoms with E-state index in [1.165, 1.54) is 0 Å². The molecule has 1 heterocycles. The van der Waals surface area contributed by atoms with Crippen molar-refractivity contribution in [2.24, 2.45) is 0 Å². The Hall–Kier alpha value is -3.35. The molecule has 3 aromatic rings. The summed E-state index contributed by atoms with van der Waals surface area (Å²) in [5.41, 5.74) is 3.74. The number of nitrogens with zero attached hydrogens (tertiary/aromatic N) is 2. The summed E-state index contributed by atoms with van der Waals surface area (Å²) in [6, 6.07) is 11.3. The van der Waals surface area contributed by atoms with Gasteiger partial charge in [0, 0.05) is 24.1 Å². The Morgan fingerprint density at radius 3 is 2.57 bits per heavy atom. The number of nitrogens with one attached hydrogen (secondary N) is 1. The first-order valence-electron chi connectivity index (χ1n) is 8.92. The van der Waals surface area contributed by atoms with Gasteiger partial charge in [-0.15, -0.1) is 0 Å². The molecule has 1 aromatic heterocycles. The predicted molar refractivity (Wildman–Crippen MR) is 106 cm³/mol. The van der Waals surface area contributed by atoms with Crippen molar-refractivity contribution >= 4 is 11.6 Å². The highest BCUT2D eigenvalue weighted by atomic mass is 16.5. The van der Waals surface area contributed by atoms with Crippen molar-refractivity contribution in [3.8, 4) is 22.9 Å². The van der Waals surface area contributed by atoms with Crippen LogP contribution in [0.25, 0.3) is 11.4 Å². The Morgan fingerprint density at radius 1 is 1.07 bits per heavy atom. The van der Waals surface area contributed by atoms with Crippen LogP contribution < -0.4 is 14.8 Å². The summed E-state index contributed by atoms with van der Waals surface area (Å²) in [5.74, 6) is 1.95. The topological polar surface area (TPSA) is 86.5 Å². The van der Waals surface area contributed by atoms with Crippen LogP contribution in [0.4, 0.5) is 5.69 Å². The number of carbonyl (C=O) groups excluding carboxylic acids is 1. The average Bonchev–Trinajstić information content (AvgIpc) is 3.17. The molecule has 1 amide bonds. The number of ether oxygens (including phenoxy) is 2. The van der Waals surface area contributed by atoms with Crippen LogP contribution in [0.15, 0.2) is 40.9 Å². The Labute approximate surface area is 163 Å². The van der Waals surface area contributed by atoms with Gasteiger partial charge in [0.15, 0.2) is 11.5 Å². The number of hydrogen-bond acceptors (Lipinski definition) is 6. The molecule has 0 spiro atoms. The maximum Gasteiger partial charge on any atom is 0.227 e. The Balaban J connectivity index is 1.62. The number of methoxy groups -OCH3 is 2. The second-order valence-electron chi connectivity index (χ2n) is 6.45. The van der Waals surface area contributed by atoms with Crippen molar-refractivity contribution in [3.05, 3.63) is 53.4 Å². The van der Waals surface area contributed by atoms with Gasteiger partial charge in [-0.2, -0.15) is 4.98 Å². The smallest absolute Gasteiger partial charge is 0.227 e. The molecule has 0 radical (unpaired) electrons. The molecule has 0 saturated heterocycles. The van der Waals surface area contributed by atoms with Crippen molar-refractivity contribution in [1.82, 2.24) is 10.1 Å². The van der Waals surface area contributed by atoms with E-state index >= 15 is 0 Å². The molecule has 0 atom stereocenters. The quantitative estimate of drug-likeness (QED) is 0.667. The maximum atomic E-state index is 12.2. The SMILES string of the molecule is COc1ccc(-c2noc(CCC(=O)Nc3ccc(C)cc3C)n2)cc1OC. The summed E-state index contributed by atoms with van der Waals surface area (Å²) < 4.78 is 15.8. The third kappa shape index (κ3) is 4.49. The van der Waals surface area contributed by atoms with E-state index in [4.69, 9.17) is 14.0 Å². The van der Waals surface area contributed by atoms with E-state index in [1.807, 2.05) is 38.1 Å². The Bertz CT molecular complexity index is 982. The molecule has 0 aliphatic heterocycles. The molecule has 0 unspecified atom stereocenters. The lowest BCUT2D eigenvalue weighted by molar-refractivity contribution is -0.116. The summed E-state index contributed by atoms with van der Waals surface area (Å²) >= 11 is 0. The summed E-state index contributed by atoms with van der Waals surface area (Å²) in [5, 5.41) is 6.90. The second kappa shape index (κ2) is 8.56. The van der Waals surface area contributed by atoms with Gasteiger partial charge < -0.3 is 19.3 Å². The molecule has 0 aliphatic rings. The number of hydrogen-bond donors (Lipinski definition) is 1. The molecule has 0 fully saturated rings. The molecule has 0 bridgehead atoms. The van der Waals surface area contributed by atoms with Gasteiger partial charge >= 0.3 is 0 Å². The van der Waals surface area contributed by atoms with Crippen LogP contribution in [0.1, 0.15) is 23.4 Å². The minimum atomic E-state index is -0.0992. The zero-order chi connectivity index (χ0) is 20.1. The van der Waals surface area contributed by atoms with E-state index in [-0.39, 0.29) is 12.3 Å². The number of amides is 1. The first kappa shape index (κ1) is 19.4. The van der Waals surface area contributed by atoms with Crippen LogP contribution >= 0.6 is 0 Å². The molecule has 7 heteroatoms. The van der Waals surface area contributed by atoms with Gasteiger partial charge in [0.05, 0.1) is 14.2 Å². The van der Waals surface area contributed by atoms with Gasteiger partial charge in [-0.25, -0.2) is 0 Å². The van der Waals surface area contributed by atoms with Crippen molar-refractivity contribution < 1.29 is 18.8 Å². The van der Waals surface area contributed by atoms with Crippen molar-refractivity contribution in [2.45, 2.75) is 26.7 Å². The summed E-state index contributed by atoms with van der Waals surface area (Å²) in [6.45, 7) is 3.99. The lowest BCUT2D eigenvalue weighted by Gasteiger charge is -2.08. The number of aromatic nitrogens is 2. The highest BCUT2D eigenvalue weighted by molar-refractivity contribution is 5.91. The summed E-state index contributed by atoms with van der Waals surface area (Å²) in [4.78, 5) is 16.6. The first-order valence-corrected chi connectivity index (χ1v) is 8.92. The van der Waals surface area contributed by atoms with E-state index in [9.17, 15) is 4.79 Å². The molecule has 0 aliphatic carbocycles. The van der Waals surface area contributed by atoms with Gasteiger partial charge in [-0.05, 0) is 43.7 Å². The number of carbonyl (C=O) groups is 1. The van der Waals surface area contributed by atoms with E-state index in [1.54, 1.807) is 26.4 Å². The number of rotatable bonds is 7. The molecule has 1 N–H and O–H groups in total. The van der Waals surface area contributed by atoms with Gasteiger partial charge in [0.2, 0.25) is 17.6 Å². The summed E-state index contributed by atoms with van der Waals surface area (Å²) in [7, 11) is 3.14. The summed E-state index contributed by atoms with van der Waals surface area (Å²) in [6.07, 6.45) is 0.609. The number of benzene rings is 2. The molecule has 3 rings (SSSR count). The zero-order valence-corrected chi connectivity index (χ0v) is 16.4. The first-order chi connectivity index (χ1) is 13.5. The second-order valence-corrected chi connectivity index (χ2v) is 6.45. The Morgan fingerprint density at radius 2 is 1.86 bits per heavy atom. The molecular formula is C21H23N3O4. The third-order valence-electron chi connectivity index (χ3n) is 4.33. The van der Waals surface area contributed by atoms with Crippen LogP contribution in [-0.4, -0.2) is 30.3 Å². The van der Waals surface area contributed by atoms with Crippen LogP contribution in [0.2, 0.25) is 0 Å². The maximum absolute atomic E-state index is 12.2. The average molecular weight is 381 g/mol. The fraction of sp³-hybridized carbons (Fsp3) is 0.286. The number of aryl methyl sites for hydroxylation is 3. The van der Waals surface area contributed by atoms with Crippen molar-refractivity contribution in [3.63, 3.8) is 0 Å². The van der Waals surface area contributed by atoms with E-state index in [2.05, 4.69) is 15.5 Å². The minimum absolute atomic E-state index is 0.0992. The van der Waals surface area contributed by atoms with Crippen LogP contribution in [0, 0.1) is 13.8 Å². The molecule has 146 valence electrons. The molecule has 0 saturated carbocycles. The van der Waals surface area contributed by atoms with Crippen LogP contribution in [0.5, 0.6) is 11.5 Å². The highest BCUT2D eigenvalue weighted by Crippen LogP contribution is 2.31. The minimum Gasteiger partial charge on any atom is -0.493 e. The molecule has 28 heavy (non-hydrogen) atoms.